The molecule has 0 spiro atoms. The Labute approximate surface area is 80.1 Å². The number of ketones is 1. The third-order valence-electron chi connectivity index (χ3n) is 0.936. The molecule has 0 aromatic rings. The van der Waals surface area contributed by atoms with Crippen LogP contribution in [0.3, 0.4) is 0 Å². The number of allylic oxidation sites excluding steroid dienone is 2. The number of hydrogen-bond acceptors (Lipinski definition) is 2. The van der Waals surface area contributed by atoms with Crippen molar-refractivity contribution in [3.05, 3.63) is 11.8 Å². The number of methoxy groups -OCH3 is 1. The zero-order chi connectivity index (χ0) is 9.07. The Morgan fingerprint density at radius 2 is 1.91 bits per heavy atom. The number of carbonyl (C=O) groups is 1. The Morgan fingerprint density at radius 3 is 2.18 bits per heavy atom. The van der Waals surface area contributed by atoms with Crippen LogP contribution in [0.5, 0.6) is 0 Å². The summed E-state index contributed by atoms with van der Waals surface area (Å²) < 4.78 is 2.79. The second kappa shape index (κ2) is 4.19. The van der Waals surface area contributed by atoms with Gasteiger partial charge in [0.15, 0.2) is 0 Å². The van der Waals surface area contributed by atoms with Gasteiger partial charge in [-0.15, -0.1) is 0 Å². The van der Waals surface area contributed by atoms with Crippen molar-refractivity contribution < 1.29 is 9.53 Å². The lowest BCUT2D eigenvalue weighted by atomic mass is 10.4. The van der Waals surface area contributed by atoms with E-state index in [2.05, 4.69) is 4.74 Å². The van der Waals surface area contributed by atoms with Gasteiger partial charge in [-0.25, -0.2) is 0 Å². The van der Waals surface area contributed by atoms with Gasteiger partial charge in [-0.3, -0.25) is 4.79 Å². The summed E-state index contributed by atoms with van der Waals surface area (Å²) in [5.41, 5.74) is 0. The summed E-state index contributed by atoms with van der Waals surface area (Å²) in [6.45, 7) is 1.59. The van der Waals surface area contributed by atoms with E-state index in [0.717, 1.165) is 6.08 Å². The van der Waals surface area contributed by atoms with Gasteiger partial charge >= 0.3 is 0 Å². The molecule has 0 N–H and O–H groups in total. The molecule has 0 radical (unpaired) electrons. The van der Waals surface area contributed by atoms with E-state index in [1.807, 2.05) is 0 Å². The normalized spacial score (nSPS) is 13.0. The van der Waals surface area contributed by atoms with Gasteiger partial charge in [0, 0.05) is 6.08 Å². The standard InChI is InChI=1S/C6H7Cl3O2/c1-4(11-2)3-5(10)6(7,8)9/h3H,1-2H3/b4-3+. The summed E-state index contributed by atoms with van der Waals surface area (Å²) in [6, 6.07) is 0. The molecule has 0 aliphatic carbocycles. The van der Waals surface area contributed by atoms with E-state index in [1.54, 1.807) is 6.92 Å². The predicted octanol–water partition coefficient (Wildman–Crippen LogP) is 2.48. The molecule has 0 rings (SSSR count). The van der Waals surface area contributed by atoms with Crippen LogP contribution in [-0.2, 0) is 9.53 Å². The number of carbonyl (C=O) groups excluding carboxylic acids is 1. The average molecular weight is 217 g/mol. The summed E-state index contributed by atoms with van der Waals surface area (Å²) in [5.74, 6) is -0.205. The molecular formula is C6H7Cl3O2. The van der Waals surface area contributed by atoms with Crippen molar-refractivity contribution in [2.75, 3.05) is 7.11 Å². The molecule has 5 heteroatoms. The molecule has 0 aromatic heterocycles. The highest BCUT2D eigenvalue weighted by atomic mass is 35.6. The minimum atomic E-state index is -1.89. The van der Waals surface area contributed by atoms with Crippen molar-refractivity contribution in [2.24, 2.45) is 0 Å². The van der Waals surface area contributed by atoms with Crippen molar-refractivity contribution in [2.45, 2.75) is 10.7 Å². The van der Waals surface area contributed by atoms with Gasteiger partial charge in [0.25, 0.3) is 3.79 Å². The first kappa shape index (κ1) is 11.1. The van der Waals surface area contributed by atoms with Gasteiger partial charge in [0.1, 0.15) is 0 Å². The lowest BCUT2D eigenvalue weighted by molar-refractivity contribution is -0.114. The average Bonchev–Trinajstić information content (AvgIpc) is 1.85. The van der Waals surface area contributed by atoms with Gasteiger partial charge in [-0.2, -0.15) is 0 Å². The third kappa shape index (κ3) is 4.51. The van der Waals surface area contributed by atoms with E-state index >= 15 is 0 Å². The lowest BCUT2D eigenvalue weighted by Crippen LogP contribution is -2.16. The second-order valence-corrected chi connectivity index (χ2v) is 4.10. The fraction of sp³-hybridized carbons (Fsp3) is 0.500. The van der Waals surface area contributed by atoms with Crippen LogP contribution < -0.4 is 0 Å². The van der Waals surface area contributed by atoms with Crippen LogP contribution in [-0.4, -0.2) is 16.7 Å². The van der Waals surface area contributed by atoms with E-state index in [1.165, 1.54) is 7.11 Å². The summed E-state index contributed by atoms with van der Waals surface area (Å²) in [7, 11) is 1.43. The molecule has 64 valence electrons. The highest BCUT2D eigenvalue weighted by Crippen LogP contribution is 2.27. The molecule has 0 heterocycles. The molecular weight excluding hydrogens is 210 g/mol. The monoisotopic (exact) mass is 216 g/mol. The van der Waals surface area contributed by atoms with Gasteiger partial charge in [0.05, 0.1) is 12.9 Å². The molecule has 0 aromatic carbocycles. The van der Waals surface area contributed by atoms with Crippen LogP contribution in [0.2, 0.25) is 0 Å². The van der Waals surface area contributed by atoms with Crippen LogP contribution in [0.1, 0.15) is 6.92 Å². The van der Waals surface area contributed by atoms with Crippen molar-refractivity contribution in [1.82, 2.24) is 0 Å². The zero-order valence-corrected chi connectivity index (χ0v) is 8.30. The largest absolute Gasteiger partial charge is 0.501 e. The topological polar surface area (TPSA) is 26.3 Å². The molecule has 0 unspecified atom stereocenters. The first-order valence-electron chi connectivity index (χ1n) is 2.71. The molecule has 0 fully saturated rings. The van der Waals surface area contributed by atoms with E-state index < -0.39 is 9.58 Å². The molecule has 0 bridgehead atoms. The molecule has 0 saturated heterocycles. The van der Waals surface area contributed by atoms with Crippen LogP contribution >= 0.6 is 34.8 Å². The van der Waals surface area contributed by atoms with Crippen LogP contribution in [0.25, 0.3) is 0 Å². The van der Waals surface area contributed by atoms with Crippen molar-refractivity contribution in [3.8, 4) is 0 Å². The highest BCUT2D eigenvalue weighted by Gasteiger charge is 2.28. The summed E-state index contributed by atoms with van der Waals surface area (Å²) in [6.07, 6.45) is 1.13. The maximum Gasteiger partial charge on any atom is 0.252 e. The van der Waals surface area contributed by atoms with Crippen molar-refractivity contribution in [1.29, 1.82) is 0 Å². The maximum absolute atomic E-state index is 10.9. The van der Waals surface area contributed by atoms with Gasteiger partial charge < -0.3 is 4.74 Å². The molecule has 0 aliphatic heterocycles. The Hall–Kier alpha value is 0.0800. The Morgan fingerprint density at radius 1 is 1.45 bits per heavy atom. The minimum absolute atomic E-state index is 0.404. The fourth-order valence-electron chi connectivity index (χ4n) is 0.325. The minimum Gasteiger partial charge on any atom is -0.501 e. The highest BCUT2D eigenvalue weighted by molar-refractivity contribution is 6.77. The van der Waals surface area contributed by atoms with Gasteiger partial charge in [-0.05, 0) is 6.92 Å². The van der Waals surface area contributed by atoms with Crippen molar-refractivity contribution in [3.63, 3.8) is 0 Å². The Bertz CT molecular complexity index is 181. The number of rotatable bonds is 2. The molecule has 0 aliphatic rings. The Balaban J connectivity index is 4.30. The SMILES string of the molecule is CO/C(C)=C/C(=O)C(Cl)(Cl)Cl. The second-order valence-electron chi connectivity index (χ2n) is 1.82. The number of hydrogen-bond donors (Lipinski definition) is 0. The smallest absolute Gasteiger partial charge is 0.252 e. The van der Waals surface area contributed by atoms with E-state index in [-0.39, 0.29) is 0 Å². The summed E-state index contributed by atoms with van der Waals surface area (Å²) in [4.78, 5) is 10.9. The van der Waals surface area contributed by atoms with Gasteiger partial charge in [0.2, 0.25) is 5.78 Å². The van der Waals surface area contributed by atoms with Crippen LogP contribution in [0.4, 0.5) is 0 Å². The Kier molecular flexibility index (Phi) is 4.22. The molecule has 0 atom stereocenters. The quantitative estimate of drug-likeness (QED) is 0.403. The number of ether oxygens (including phenoxy) is 1. The number of halogens is 3. The van der Waals surface area contributed by atoms with E-state index in [4.69, 9.17) is 34.8 Å². The first-order valence-corrected chi connectivity index (χ1v) is 3.84. The number of alkyl halides is 3. The molecule has 0 amide bonds. The third-order valence-corrected chi connectivity index (χ3v) is 1.49. The van der Waals surface area contributed by atoms with E-state index in [0.29, 0.717) is 5.76 Å². The van der Waals surface area contributed by atoms with E-state index in [9.17, 15) is 4.79 Å². The summed E-state index contributed by atoms with van der Waals surface area (Å²) in [5, 5.41) is 0. The van der Waals surface area contributed by atoms with Crippen molar-refractivity contribution >= 4 is 40.6 Å². The zero-order valence-electron chi connectivity index (χ0n) is 6.03. The molecule has 0 saturated carbocycles. The van der Waals surface area contributed by atoms with Crippen LogP contribution in [0, 0.1) is 0 Å². The fourth-order valence-corrected chi connectivity index (χ4v) is 0.489. The maximum atomic E-state index is 10.9. The molecule has 11 heavy (non-hydrogen) atoms. The van der Waals surface area contributed by atoms with Crippen LogP contribution in [0.15, 0.2) is 11.8 Å². The predicted molar refractivity (Wildman–Crippen MR) is 46.1 cm³/mol. The van der Waals surface area contributed by atoms with Gasteiger partial charge in [-0.1, -0.05) is 34.8 Å². The lowest BCUT2D eigenvalue weighted by Gasteiger charge is -2.05. The first-order chi connectivity index (χ1) is 4.88. The molecule has 2 nitrogen and oxygen atoms in total. The summed E-state index contributed by atoms with van der Waals surface area (Å²) >= 11 is 15.8.